The van der Waals surface area contributed by atoms with Crippen LogP contribution in [0.5, 0.6) is 0 Å². The molecule has 1 heterocycles. The van der Waals surface area contributed by atoms with Gasteiger partial charge in [0.1, 0.15) is 0 Å². The van der Waals surface area contributed by atoms with Crippen LogP contribution in [0.15, 0.2) is 43.7 Å². The monoisotopic (exact) mass is 469 g/mol. The third kappa shape index (κ3) is 2.74. The Balaban J connectivity index is 2.21. The van der Waals surface area contributed by atoms with Gasteiger partial charge in [0.15, 0.2) is 0 Å². The maximum absolute atomic E-state index is 12.3. The molecule has 106 valence electrons. The van der Waals surface area contributed by atoms with Gasteiger partial charge >= 0.3 is 0 Å². The fourth-order valence-corrected chi connectivity index (χ4v) is 4.05. The zero-order chi connectivity index (χ0) is 15.1. The number of halogens is 3. The maximum Gasteiger partial charge on any atom is 0.256 e. The summed E-state index contributed by atoms with van der Waals surface area (Å²) in [6, 6.07) is 9.83. The SMILES string of the molecule is Cc1c(Br)cc(Br)c2c1C(=Cc1cccc(Br)c1)C(=O)N2. The first-order valence-electron chi connectivity index (χ1n) is 6.25. The molecule has 0 aliphatic carbocycles. The lowest BCUT2D eigenvalue weighted by molar-refractivity contribution is -0.110. The molecular formula is C16H10Br3NO. The minimum atomic E-state index is -0.0770. The van der Waals surface area contributed by atoms with Crippen LogP contribution in [0.4, 0.5) is 5.69 Å². The van der Waals surface area contributed by atoms with Gasteiger partial charge in [0.05, 0.1) is 5.69 Å². The van der Waals surface area contributed by atoms with Crippen molar-refractivity contribution in [3.8, 4) is 0 Å². The number of amides is 1. The van der Waals surface area contributed by atoms with Crippen molar-refractivity contribution >= 4 is 71.0 Å². The van der Waals surface area contributed by atoms with Crippen molar-refractivity contribution in [2.24, 2.45) is 0 Å². The summed E-state index contributed by atoms with van der Waals surface area (Å²) in [5.41, 5.74) is 4.50. The van der Waals surface area contributed by atoms with Crippen molar-refractivity contribution < 1.29 is 4.79 Å². The lowest BCUT2D eigenvalue weighted by Gasteiger charge is -2.08. The number of rotatable bonds is 1. The molecule has 21 heavy (non-hydrogen) atoms. The zero-order valence-corrected chi connectivity index (χ0v) is 15.8. The quantitative estimate of drug-likeness (QED) is 0.525. The van der Waals surface area contributed by atoms with Crippen molar-refractivity contribution in [1.82, 2.24) is 0 Å². The van der Waals surface area contributed by atoms with Crippen LogP contribution >= 0.6 is 47.8 Å². The molecule has 2 nitrogen and oxygen atoms in total. The summed E-state index contributed by atoms with van der Waals surface area (Å²) in [5, 5.41) is 2.93. The number of carbonyl (C=O) groups excluding carboxylic acids is 1. The number of benzene rings is 2. The molecule has 0 spiro atoms. The molecule has 2 aromatic rings. The molecule has 1 N–H and O–H groups in total. The van der Waals surface area contributed by atoms with Gasteiger partial charge in [-0.1, -0.05) is 44.0 Å². The largest absolute Gasteiger partial charge is 0.320 e. The van der Waals surface area contributed by atoms with E-state index in [-0.39, 0.29) is 5.91 Å². The van der Waals surface area contributed by atoms with Gasteiger partial charge in [-0.15, -0.1) is 0 Å². The van der Waals surface area contributed by atoms with E-state index in [1.54, 1.807) is 0 Å². The van der Waals surface area contributed by atoms with E-state index in [1.165, 1.54) is 0 Å². The second kappa shape index (κ2) is 5.71. The van der Waals surface area contributed by atoms with Crippen molar-refractivity contribution in [3.63, 3.8) is 0 Å². The minimum Gasteiger partial charge on any atom is -0.320 e. The first kappa shape index (κ1) is 15.0. The molecule has 0 fully saturated rings. The number of hydrogen-bond donors (Lipinski definition) is 1. The fraction of sp³-hybridized carbons (Fsp3) is 0.0625. The number of nitrogens with one attached hydrogen (secondary N) is 1. The van der Waals surface area contributed by atoms with Gasteiger partial charge in [-0.05, 0) is 58.3 Å². The summed E-state index contributed by atoms with van der Waals surface area (Å²) >= 11 is 10.5. The Morgan fingerprint density at radius 1 is 1.10 bits per heavy atom. The van der Waals surface area contributed by atoms with E-state index in [0.717, 1.165) is 35.8 Å². The van der Waals surface area contributed by atoms with Gasteiger partial charge in [-0.25, -0.2) is 0 Å². The molecular weight excluding hydrogens is 462 g/mol. The summed E-state index contributed by atoms with van der Waals surface area (Å²) in [6.07, 6.45) is 1.91. The molecule has 0 radical (unpaired) electrons. The molecule has 5 heteroatoms. The van der Waals surface area contributed by atoms with Crippen LogP contribution in [0, 0.1) is 6.92 Å². The molecule has 1 aliphatic rings. The molecule has 0 saturated heterocycles. The molecule has 0 atom stereocenters. The Morgan fingerprint density at radius 3 is 2.57 bits per heavy atom. The van der Waals surface area contributed by atoms with E-state index in [4.69, 9.17) is 0 Å². The van der Waals surface area contributed by atoms with Crippen LogP contribution in [0.1, 0.15) is 16.7 Å². The average Bonchev–Trinajstić information content (AvgIpc) is 2.74. The third-order valence-electron chi connectivity index (χ3n) is 3.39. The first-order chi connectivity index (χ1) is 9.97. The highest BCUT2D eigenvalue weighted by molar-refractivity contribution is 9.11. The van der Waals surface area contributed by atoms with E-state index in [2.05, 4.69) is 53.1 Å². The summed E-state index contributed by atoms with van der Waals surface area (Å²) in [7, 11) is 0. The van der Waals surface area contributed by atoms with E-state index in [1.807, 2.05) is 43.3 Å². The van der Waals surface area contributed by atoms with Crippen LogP contribution in [-0.4, -0.2) is 5.91 Å². The zero-order valence-electron chi connectivity index (χ0n) is 11.0. The molecule has 1 aliphatic heterocycles. The van der Waals surface area contributed by atoms with Gasteiger partial charge in [-0.3, -0.25) is 4.79 Å². The van der Waals surface area contributed by atoms with E-state index >= 15 is 0 Å². The Hall–Kier alpha value is -0.910. The van der Waals surface area contributed by atoms with Crippen molar-refractivity contribution in [3.05, 3.63) is 60.4 Å². The van der Waals surface area contributed by atoms with Crippen LogP contribution < -0.4 is 5.32 Å². The molecule has 1 amide bonds. The fourth-order valence-electron chi connectivity index (χ4n) is 2.37. The normalized spacial score (nSPS) is 15.2. The second-order valence-electron chi connectivity index (χ2n) is 4.78. The summed E-state index contributed by atoms with van der Waals surface area (Å²) in [5.74, 6) is -0.0770. The Bertz CT molecular complexity index is 796. The number of carbonyl (C=O) groups is 1. The number of anilines is 1. The highest BCUT2D eigenvalue weighted by Crippen LogP contribution is 2.43. The first-order valence-corrected chi connectivity index (χ1v) is 8.63. The smallest absolute Gasteiger partial charge is 0.256 e. The summed E-state index contributed by atoms with van der Waals surface area (Å²) < 4.78 is 2.84. The van der Waals surface area contributed by atoms with Gasteiger partial charge < -0.3 is 5.32 Å². The van der Waals surface area contributed by atoms with Gasteiger partial charge in [0, 0.05) is 24.6 Å². The molecule has 2 aromatic carbocycles. The minimum absolute atomic E-state index is 0.0770. The predicted octanol–water partition coefficient (Wildman–Crippen LogP) is 5.78. The van der Waals surface area contributed by atoms with Crippen molar-refractivity contribution in [2.75, 3.05) is 5.32 Å². The molecule has 3 rings (SSSR count). The van der Waals surface area contributed by atoms with Crippen molar-refractivity contribution in [2.45, 2.75) is 6.92 Å². The second-order valence-corrected chi connectivity index (χ2v) is 7.41. The Morgan fingerprint density at radius 2 is 1.86 bits per heavy atom. The van der Waals surface area contributed by atoms with Gasteiger partial charge in [-0.2, -0.15) is 0 Å². The van der Waals surface area contributed by atoms with Crippen molar-refractivity contribution in [1.29, 1.82) is 0 Å². The average molecular weight is 472 g/mol. The standard InChI is InChI=1S/C16H10Br3NO/c1-8-12(18)7-13(19)15-14(8)11(16(21)20-15)6-9-3-2-4-10(17)5-9/h2-7H,1H3,(H,20,21). The highest BCUT2D eigenvalue weighted by atomic mass is 79.9. The lowest BCUT2D eigenvalue weighted by Crippen LogP contribution is -2.03. The molecule has 0 saturated carbocycles. The third-order valence-corrected chi connectivity index (χ3v) is 5.33. The molecule has 0 unspecified atom stereocenters. The van der Waals surface area contributed by atoms with Crippen LogP contribution in [-0.2, 0) is 4.79 Å². The van der Waals surface area contributed by atoms with Gasteiger partial charge in [0.2, 0.25) is 0 Å². The van der Waals surface area contributed by atoms with Crippen LogP contribution in [0.25, 0.3) is 11.6 Å². The summed E-state index contributed by atoms with van der Waals surface area (Å²) in [6.45, 7) is 2.00. The Labute approximate surface area is 148 Å². The highest BCUT2D eigenvalue weighted by Gasteiger charge is 2.28. The number of fused-ring (bicyclic) bond motifs is 1. The molecule has 0 bridgehead atoms. The lowest BCUT2D eigenvalue weighted by atomic mass is 9.99. The van der Waals surface area contributed by atoms with Crippen LogP contribution in [0.3, 0.4) is 0 Å². The van der Waals surface area contributed by atoms with E-state index < -0.39 is 0 Å². The van der Waals surface area contributed by atoms with Crippen LogP contribution in [0.2, 0.25) is 0 Å². The van der Waals surface area contributed by atoms with E-state index in [9.17, 15) is 4.79 Å². The predicted molar refractivity (Wildman–Crippen MR) is 97.2 cm³/mol. The topological polar surface area (TPSA) is 29.1 Å². The summed E-state index contributed by atoms with van der Waals surface area (Å²) in [4.78, 5) is 12.3. The van der Waals surface area contributed by atoms with Gasteiger partial charge in [0.25, 0.3) is 5.91 Å². The Kier molecular flexibility index (Phi) is 4.08. The molecule has 0 aromatic heterocycles. The van der Waals surface area contributed by atoms with E-state index in [0.29, 0.717) is 5.57 Å². The number of hydrogen-bond acceptors (Lipinski definition) is 1. The maximum atomic E-state index is 12.3.